The van der Waals surface area contributed by atoms with Gasteiger partial charge in [0.1, 0.15) is 12.7 Å². The molecule has 0 saturated heterocycles. The lowest BCUT2D eigenvalue weighted by molar-refractivity contribution is -0.119. The van der Waals surface area contributed by atoms with Crippen LogP contribution < -0.4 is 5.32 Å². The molecule has 21 heavy (non-hydrogen) atoms. The molecule has 2 heterocycles. The Hall–Kier alpha value is -2.32. The van der Waals surface area contributed by atoms with Crippen LogP contribution in [0.5, 0.6) is 0 Å². The predicted molar refractivity (Wildman–Crippen MR) is 73.0 cm³/mol. The Morgan fingerprint density at radius 1 is 1.38 bits per heavy atom. The quantitative estimate of drug-likeness (QED) is 0.840. The molecule has 0 atom stereocenters. The molecular weight excluding hydrogens is 272 g/mol. The van der Waals surface area contributed by atoms with E-state index in [0.29, 0.717) is 18.9 Å². The summed E-state index contributed by atoms with van der Waals surface area (Å²) >= 11 is 0. The van der Waals surface area contributed by atoms with Crippen LogP contribution >= 0.6 is 0 Å². The van der Waals surface area contributed by atoms with Gasteiger partial charge >= 0.3 is 0 Å². The van der Waals surface area contributed by atoms with Gasteiger partial charge in [-0.1, -0.05) is 19.3 Å². The van der Waals surface area contributed by atoms with Gasteiger partial charge in [-0.15, -0.1) is 5.10 Å². The smallest absolute Gasteiger partial charge is 0.227 e. The minimum Gasteiger partial charge on any atom is -0.295 e. The standard InChI is InChI=1S/C12H18N8O/c21-10(16-11-13-8-14-17-11)6-12(4-2-1-3-5-12)7-20-9-15-18-19-20/h8-9H,1-7H2,(H2,13,14,16,17,21). The Bertz CT molecular complexity index is 558. The second-order valence-electron chi connectivity index (χ2n) is 5.63. The third kappa shape index (κ3) is 3.41. The molecule has 2 aromatic rings. The average molecular weight is 290 g/mol. The third-order valence-electron chi connectivity index (χ3n) is 4.01. The van der Waals surface area contributed by atoms with Gasteiger partial charge in [-0.2, -0.15) is 10.1 Å². The number of aromatic nitrogens is 7. The van der Waals surface area contributed by atoms with Crippen LogP contribution in [-0.2, 0) is 11.3 Å². The van der Waals surface area contributed by atoms with Crippen LogP contribution in [0.2, 0.25) is 0 Å². The summed E-state index contributed by atoms with van der Waals surface area (Å²) in [7, 11) is 0. The van der Waals surface area contributed by atoms with E-state index in [-0.39, 0.29) is 11.3 Å². The first kappa shape index (κ1) is 13.7. The molecular formula is C12H18N8O. The topological polar surface area (TPSA) is 114 Å². The lowest BCUT2D eigenvalue weighted by atomic mass is 9.71. The number of nitrogens with zero attached hydrogens (tertiary/aromatic N) is 6. The van der Waals surface area contributed by atoms with Gasteiger partial charge in [0, 0.05) is 6.42 Å². The van der Waals surface area contributed by atoms with Crippen molar-refractivity contribution in [1.29, 1.82) is 0 Å². The van der Waals surface area contributed by atoms with Gasteiger partial charge in [0.15, 0.2) is 0 Å². The first-order chi connectivity index (χ1) is 10.3. The Morgan fingerprint density at radius 3 is 2.90 bits per heavy atom. The van der Waals surface area contributed by atoms with Crippen LogP contribution in [0.3, 0.4) is 0 Å². The molecule has 3 rings (SSSR count). The number of amides is 1. The highest BCUT2D eigenvalue weighted by atomic mass is 16.1. The average Bonchev–Trinajstić information content (AvgIpc) is 3.13. The SMILES string of the molecule is O=C(CC1(Cn2cnnn2)CCCCC1)Nc1ncn[nH]1. The molecule has 112 valence electrons. The van der Waals surface area contributed by atoms with Gasteiger partial charge in [-0.3, -0.25) is 10.1 Å². The van der Waals surface area contributed by atoms with Crippen molar-refractivity contribution in [3.8, 4) is 0 Å². The lowest BCUT2D eigenvalue weighted by Gasteiger charge is -2.36. The van der Waals surface area contributed by atoms with Crippen molar-refractivity contribution < 1.29 is 4.79 Å². The molecule has 1 aliphatic carbocycles. The molecule has 2 aromatic heterocycles. The number of nitrogens with one attached hydrogen (secondary N) is 2. The van der Waals surface area contributed by atoms with E-state index in [1.54, 1.807) is 11.0 Å². The van der Waals surface area contributed by atoms with E-state index in [0.717, 1.165) is 25.7 Å². The van der Waals surface area contributed by atoms with Crippen LogP contribution in [0.25, 0.3) is 0 Å². The van der Waals surface area contributed by atoms with Crippen LogP contribution in [0.15, 0.2) is 12.7 Å². The summed E-state index contributed by atoms with van der Waals surface area (Å²) in [5.41, 5.74) is -0.0856. The summed E-state index contributed by atoms with van der Waals surface area (Å²) in [6, 6.07) is 0. The summed E-state index contributed by atoms with van der Waals surface area (Å²) in [6.45, 7) is 0.670. The minimum atomic E-state index is -0.0856. The van der Waals surface area contributed by atoms with Gasteiger partial charge in [0.05, 0.1) is 6.54 Å². The highest BCUT2D eigenvalue weighted by Gasteiger charge is 2.35. The fraction of sp³-hybridized carbons (Fsp3) is 0.667. The maximum absolute atomic E-state index is 12.3. The number of hydrogen-bond donors (Lipinski definition) is 2. The van der Waals surface area contributed by atoms with E-state index in [1.165, 1.54) is 12.7 Å². The van der Waals surface area contributed by atoms with Crippen molar-refractivity contribution in [2.45, 2.75) is 45.1 Å². The van der Waals surface area contributed by atoms with Crippen molar-refractivity contribution in [2.75, 3.05) is 5.32 Å². The van der Waals surface area contributed by atoms with E-state index in [2.05, 4.69) is 36.0 Å². The number of carbonyl (C=O) groups is 1. The van der Waals surface area contributed by atoms with Gasteiger partial charge < -0.3 is 0 Å². The fourth-order valence-electron chi connectivity index (χ4n) is 3.07. The molecule has 9 nitrogen and oxygen atoms in total. The number of rotatable bonds is 5. The van der Waals surface area contributed by atoms with Gasteiger partial charge in [0.25, 0.3) is 0 Å². The molecule has 2 N–H and O–H groups in total. The number of hydrogen-bond acceptors (Lipinski definition) is 6. The van der Waals surface area contributed by atoms with Crippen molar-refractivity contribution in [3.05, 3.63) is 12.7 Å². The summed E-state index contributed by atoms with van der Waals surface area (Å²) in [5, 5.41) is 20.4. The number of anilines is 1. The van der Waals surface area contributed by atoms with Crippen molar-refractivity contribution in [3.63, 3.8) is 0 Å². The summed E-state index contributed by atoms with van der Waals surface area (Å²) < 4.78 is 1.72. The fourth-order valence-corrected chi connectivity index (χ4v) is 3.07. The van der Waals surface area contributed by atoms with Crippen molar-refractivity contribution >= 4 is 11.9 Å². The predicted octanol–water partition coefficient (Wildman–Crippen LogP) is 0.770. The number of H-pyrrole nitrogens is 1. The van der Waals surface area contributed by atoms with E-state index in [9.17, 15) is 4.79 Å². The monoisotopic (exact) mass is 290 g/mol. The second kappa shape index (κ2) is 5.98. The zero-order valence-electron chi connectivity index (χ0n) is 11.7. The van der Waals surface area contributed by atoms with Gasteiger partial charge in [-0.05, 0) is 28.7 Å². The van der Waals surface area contributed by atoms with Crippen LogP contribution in [0, 0.1) is 5.41 Å². The first-order valence-electron chi connectivity index (χ1n) is 7.12. The second-order valence-corrected chi connectivity index (χ2v) is 5.63. The Labute approximate surface area is 121 Å². The number of aromatic amines is 1. The molecule has 1 amide bonds. The van der Waals surface area contributed by atoms with Crippen LogP contribution in [0.4, 0.5) is 5.95 Å². The van der Waals surface area contributed by atoms with Crippen LogP contribution in [0.1, 0.15) is 38.5 Å². The Kier molecular flexibility index (Phi) is 3.89. The van der Waals surface area contributed by atoms with E-state index < -0.39 is 0 Å². The summed E-state index contributed by atoms with van der Waals surface area (Å²) in [5.74, 6) is 0.329. The molecule has 0 aromatic carbocycles. The molecule has 0 aliphatic heterocycles. The maximum Gasteiger partial charge on any atom is 0.227 e. The zero-order valence-corrected chi connectivity index (χ0v) is 11.7. The largest absolute Gasteiger partial charge is 0.295 e. The summed E-state index contributed by atoms with van der Waals surface area (Å²) in [6.07, 6.45) is 8.93. The van der Waals surface area contributed by atoms with Crippen LogP contribution in [-0.4, -0.2) is 41.3 Å². The molecule has 0 radical (unpaired) electrons. The molecule has 1 fully saturated rings. The van der Waals surface area contributed by atoms with E-state index in [1.807, 2.05) is 0 Å². The Balaban J connectivity index is 1.68. The van der Waals surface area contributed by atoms with Crippen molar-refractivity contribution in [1.82, 2.24) is 35.4 Å². The van der Waals surface area contributed by atoms with Gasteiger partial charge in [-0.25, -0.2) is 9.78 Å². The normalized spacial score (nSPS) is 17.5. The molecule has 1 saturated carbocycles. The molecule has 9 heteroatoms. The Morgan fingerprint density at radius 2 is 2.24 bits per heavy atom. The zero-order chi connectivity index (χ0) is 14.5. The highest BCUT2D eigenvalue weighted by Crippen LogP contribution is 2.40. The van der Waals surface area contributed by atoms with E-state index >= 15 is 0 Å². The minimum absolute atomic E-state index is 0.0540. The lowest BCUT2D eigenvalue weighted by Crippen LogP contribution is -2.34. The third-order valence-corrected chi connectivity index (χ3v) is 4.01. The number of carbonyl (C=O) groups excluding carboxylic acids is 1. The van der Waals surface area contributed by atoms with E-state index in [4.69, 9.17) is 0 Å². The molecule has 1 aliphatic rings. The molecule has 0 bridgehead atoms. The van der Waals surface area contributed by atoms with Crippen molar-refractivity contribution in [2.24, 2.45) is 5.41 Å². The molecule has 0 spiro atoms. The maximum atomic E-state index is 12.3. The number of tetrazole rings is 1. The molecule has 0 unspecified atom stereocenters. The highest BCUT2D eigenvalue weighted by molar-refractivity contribution is 5.89. The first-order valence-corrected chi connectivity index (χ1v) is 7.12. The summed E-state index contributed by atoms with van der Waals surface area (Å²) in [4.78, 5) is 16.2. The van der Waals surface area contributed by atoms with Gasteiger partial charge in [0.2, 0.25) is 11.9 Å².